The van der Waals surface area contributed by atoms with E-state index in [1.807, 2.05) is 0 Å². The maximum atomic E-state index is 5.86. The molecule has 0 radical (unpaired) electrons. The standard InChI is InChI=1S/C16H26N2O.2ClH/c1-13(2)16-5-4-15(12-14(16)3)19-11-10-18-8-6-17-7-9-18;;/h4-5,12-13,17H,6-11H2,1-3H3;2*1H. The van der Waals surface area contributed by atoms with Crippen LogP contribution in [-0.2, 0) is 0 Å². The fourth-order valence-electron chi connectivity index (χ4n) is 2.61. The average Bonchev–Trinajstić information content (AvgIpc) is 2.39. The Kier molecular flexibility index (Phi) is 10.0. The third kappa shape index (κ3) is 6.43. The van der Waals surface area contributed by atoms with Crippen LogP contribution in [-0.4, -0.2) is 44.2 Å². The first-order chi connectivity index (χ1) is 9.16. The van der Waals surface area contributed by atoms with Crippen LogP contribution in [0.1, 0.15) is 30.9 Å². The molecule has 1 heterocycles. The van der Waals surface area contributed by atoms with Crippen LogP contribution in [0.5, 0.6) is 5.75 Å². The van der Waals surface area contributed by atoms with Gasteiger partial charge in [0.25, 0.3) is 0 Å². The lowest BCUT2D eigenvalue weighted by molar-refractivity contribution is 0.191. The molecule has 2 rings (SSSR count). The summed E-state index contributed by atoms with van der Waals surface area (Å²) in [4.78, 5) is 2.45. The first-order valence-corrected chi connectivity index (χ1v) is 7.33. The predicted octanol–water partition coefficient (Wildman–Crippen LogP) is 3.25. The molecular weight excluding hydrogens is 307 g/mol. The van der Waals surface area contributed by atoms with Gasteiger partial charge in [-0.3, -0.25) is 4.90 Å². The zero-order valence-corrected chi connectivity index (χ0v) is 14.9. The van der Waals surface area contributed by atoms with Gasteiger partial charge in [0.05, 0.1) is 0 Å². The molecule has 1 aliphatic rings. The minimum atomic E-state index is 0. The number of halogens is 2. The highest BCUT2D eigenvalue weighted by Gasteiger charge is 2.09. The number of aryl methyl sites for hydroxylation is 1. The van der Waals surface area contributed by atoms with E-state index in [1.165, 1.54) is 11.1 Å². The molecule has 3 nitrogen and oxygen atoms in total. The smallest absolute Gasteiger partial charge is 0.119 e. The number of hydrogen-bond donors (Lipinski definition) is 1. The van der Waals surface area contributed by atoms with Gasteiger partial charge < -0.3 is 10.1 Å². The summed E-state index contributed by atoms with van der Waals surface area (Å²) in [6.45, 7) is 12.9. The molecule has 0 unspecified atom stereocenters. The highest BCUT2D eigenvalue weighted by molar-refractivity contribution is 5.85. The molecule has 1 aromatic carbocycles. The number of nitrogens with zero attached hydrogens (tertiary/aromatic N) is 1. The quantitative estimate of drug-likeness (QED) is 0.894. The van der Waals surface area contributed by atoms with Gasteiger partial charge in [0.1, 0.15) is 12.4 Å². The van der Waals surface area contributed by atoms with Gasteiger partial charge in [-0.15, -0.1) is 24.8 Å². The van der Waals surface area contributed by atoms with Crippen LogP contribution in [0.15, 0.2) is 18.2 Å². The van der Waals surface area contributed by atoms with E-state index >= 15 is 0 Å². The van der Waals surface area contributed by atoms with Crippen LogP contribution >= 0.6 is 24.8 Å². The van der Waals surface area contributed by atoms with Crippen LogP contribution in [0.25, 0.3) is 0 Å². The summed E-state index contributed by atoms with van der Waals surface area (Å²) in [7, 11) is 0. The Hall–Kier alpha value is -0.480. The molecule has 0 saturated carbocycles. The molecule has 0 aliphatic carbocycles. The number of hydrogen-bond acceptors (Lipinski definition) is 3. The van der Waals surface area contributed by atoms with Gasteiger partial charge in [-0.05, 0) is 36.1 Å². The van der Waals surface area contributed by atoms with E-state index in [9.17, 15) is 0 Å². The number of benzene rings is 1. The Balaban J connectivity index is 0.00000200. The largest absolute Gasteiger partial charge is 0.492 e. The first kappa shape index (κ1) is 20.5. The number of rotatable bonds is 5. The van der Waals surface area contributed by atoms with Gasteiger partial charge in [-0.25, -0.2) is 0 Å². The maximum absolute atomic E-state index is 5.86. The first-order valence-electron chi connectivity index (χ1n) is 7.33. The van der Waals surface area contributed by atoms with E-state index in [1.54, 1.807) is 0 Å². The lowest BCUT2D eigenvalue weighted by Gasteiger charge is -2.27. The molecule has 1 aromatic rings. The van der Waals surface area contributed by atoms with Gasteiger partial charge in [0.2, 0.25) is 0 Å². The monoisotopic (exact) mass is 334 g/mol. The highest BCUT2D eigenvalue weighted by Crippen LogP contribution is 2.23. The summed E-state index contributed by atoms with van der Waals surface area (Å²) in [5.74, 6) is 1.58. The molecule has 0 spiro atoms. The topological polar surface area (TPSA) is 24.5 Å². The molecular formula is C16H28Cl2N2O. The summed E-state index contributed by atoms with van der Waals surface area (Å²) < 4.78 is 5.86. The Morgan fingerprint density at radius 3 is 2.43 bits per heavy atom. The fourth-order valence-corrected chi connectivity index (χ4v) is 2.61. The molecule has 1 N–H and O–H groups in total. The van der Waals surface area contributed by atoms with E-state index in [4.69, 9.17) is 4.74 Å². The average molecular weight is 335 g/mol. The van der Waals surface area contributed by atoms with Crippen molar-refractivity contribution in [2.75, 3.05) is 39.3 Å². The van der Waals surface area contributed by atoms with Gasteiger partial charge in [-0.1, -0.05) is 19.9 Å². The van der Waals surface area contributed by atoms with Gasteiger partial charge in [0, 0.05) is 32.7 Å². The van der Waals surface area contributed by atoms with E-state index in [-0.39, 0.29) is 24.8 Å². The van der Waals surface area contributed by atoms with Gasteiger partial charge in [-0.2, -0.15) is 0 Å². The summed E-state index contributed by atoms with van der Waals surface area (Å²) in [6, 6.07) is 6.45. The van der Waals surface area contributed by atoms with Crippen LogP contribution in [0, 0.1) is 6.92 Å². The number of nitrogens with one attached hydrogen (secondary N) is 1. The van der Waals surface area contributed by atoms with E-state index < -0.39 is 0 Å². The van der Waals surface area contributed by atoms with Crippen molar-refractivity contribution in [1.82, 2.24) is 10.2 Å². The molecule has 0 aromatic heterocycles. The normalized spacial score (nSPS) is 15.2. The van der Waals surface area contributed by atoms with E-state index in [2.05, 4.69) is 49.2 Å². The Labute approximate surface area is 141 Å². The second kappa shape index (κ2) is 10.3. The van der Waals surface area contributed by atoms with E-state index in [0.717, 1.165) is 45.1 Å². The molecule has 0 amide bonds. The molecule has 1 aliphatic heterocycles. The summed E-state index contributed by atoms with van der Waals surface area (Å²) in [6.07, 6.45) is 0. The Morgan fingerprint density at radius 1 is 1.19 bits per heavy atom. The number of ether oxygens (including phenoxy) is 1. The van der Waals surface area contributed by atoms with Crippen LogP contribution in [0.2, 0.25) is 0 Å². The maximum Gasteiger partial charge on any atom is 0.119 e. The second-order valence-corrected chi connectivity index (χ2v) is 5.61. The van der Waals surface area contributed by atoms with Crippen molar-refractivity contribution in [1.29, 1.82) is 0 Å². The summed E-state index contributed by atoms with van der Waals surface area (Å²) in [5, 5.41) is 3.36. The van der Waals surface area contributed by atoms with Crippen LogP contribution in [0.3, 0.4) is 0 Å². The summed E-state index contributed by atoms with van der Waals surface area (Å²) in [5.41, 5.74) is 2.74. The number of piperazine rings is 1. The van der Waals surface area contributed by atoms with Crippen molar-refractivity contribution in [2.45, 2.75) is 26.7 Å². The van der Waals surface area contributed by atoms with Gasteiger partial charge in [0.15, 0.2) is 0 Å². The lowest BCUT2D eigenvalue weighted by atomic mass is 9.98. The fraction of sp³-hybridized carbons (Fsp3) is 0.625. The predicted molar refractivity (Wildman–Crippen MR) is 94.6 cm³/mol. The second-order valence-electron chi connectivity index (χ2n) is 5.61. The Morgan fingerprint density at radius 2 is 1.86 bits per heavy atom. The SMILES string of the molecule is Cc1cc(OCCN2CCNCC2)ccc1C(C)C.Cl.Cl. The minimum Gasteiger partial charge on any atom is -0.492 e. The molecule has 1 fully saturated rings. The third-order valence-corrected chi connectivity index (χ3v) is 3.75. The molecule has 1 saturated heterocycles. The van der Waals surface area contributed by atoms with Crippen LogP contribution < -0.4 is 10.1 Å². The Bertz CT molecular complexity index is 407. The molecule has 21 heavy (non-hydrogen) atoms. The van der Waals surface area contributed by atoms with Crippen molar-refractivity contribution < 1.29 is 4.74 Å². The van der Waals surface area contributed by atoms with Crippen molar-refractivity contribution in [3.05, 3.63) is 29.3 Å². The molecule has 122 valence electrons. The minimum absolute atomic E-state index is 0. The van der Waals surface area contributed by atoms with Crippen molar-refractivity contribution in [2.24, 2.45) is 0 Å². The zero-order chi connectivity index (χ0) is 13.7. The van der Waals surface area contributed by atoms with E-state index in [0.29, 0.717) is 5.92 Å². The van der Waals surface area contributed by atoms with Crippen molar-refractivity contribution in [3.63, 3.8) is 0 Å². The summed E-state index contributed by atoms with van der Waals surface area (Å²) >= 11 is 0. The van der Waals surface area contributed by atoms with Crippen molar-refractivity contribution in [3.8, 4) is 5.75 Å². The van der Waals surface area contributed by atoms with Crippen LogP contribution in [0.4, 0.5) is 0 Å². The molecule has 5 heteroatoms. The highest BCUT2D eigenvalue weighted by atomic mass is 35.5. The van der Waals surface area contributed by atoms with Crippen molar-refractivity contribution >= 4 is 24.8 Å². The molecule has 0 atom stereocenters. The third-order valence-electron chi connectivity index (χ3n) is 3.75. The molecule has 0 bridgehead atoms. The van der Waals surface area contributed by atoms with Gasteiger partial charge >= 0.3 is 0 Å². The lowest BCUT2D eigenvalue weighted by Crippen LogP contribution is -2.44. The zero-order valence-electron chi connectivity index (χ0n) is 13.2.